The van der Waals surface area contributed by atoms with E-state index in [0.29, 0.717) is 27.7 Å². The quantitative estimate of drug-likeness (QED) is 0.223. The molecule has 11 nitrogen and oxygen atoms in total. The van der Waals surface area contributed by atoms with Crippen LogP contribution in [0.25, 0.3) is 0 Å². The number of Topliss-reactive ketones (excluding diaryl/α,β-unsaturated/α-hetero) is 5. The Bertz CT molecular complexity index is 766. The van der Waals surface area contributed by atoms with Crippen LogP contribution >= 0.6 is 12.6 Å². The highest BCUT2D eigenvalue weighted by Crippen LogP contribution is 2.55. The fourth-order valence-corrected chi connectivity index (χ4v) is 3.91. The molecular weight excluding hydrogens is 400 g/mol. The van der Waals surface area contributed by atoms with Crippen LogP contribution < -0.4 is 0 Å². The molecule has 0 aliphatic carbocycles. The zero-order valence-electron chi connectivity index (χ0n) is 15.5. The Labute approximate surface area is 164 Å². The maximum Gasteiger partial charge on any atom is 0.269 e. The number of hydrogen-bond donors (Lipinski definition) is 6. The third-order valence-electron chi connectivity index (χ3n) is 5.29. The highest BCUT2D eigenvalue weighted by molar-refractivity contribution is 7.81. The van der Waals surface area contributed by atoms with Gasteiger partial charge in [0, 0.05) is 0 Å². The number of ether oxygens (including phenoxy) is 1. The molecule has 0 radical (unpaired) electrons. The van der Waals surface area contributed by atoms with Crippen molar-refractivity contribution in [3.63, 3.8) is 0 Å². The van der Waals surface area contributed by atoms with E-state index < -0.39 is 69.5 Å². The van der Waals surface area contributed by atoms with Crippen molar-refractivity contribution in [3.8, 4) is 0 Å². The Morgan fingerprint density at radius 2 is 1.14 bits per heavy atom. The van der Waals surface area contributed by atoms with E-state index in [2.05, 4.69) is 12.6 Å². The molecule has 5 N–H and O–H groups in total. The molecule has 1 unspecified atom stereocenters. The summed E-state index contributed by atoms with van der Waals surface area (Å²) < 4.78 is 4.93. The van der Waals surface area contributed by atoms with Gasteiger partial charge in [-0.3, -0.25) is 24.0 Å². The van der Waals surface area contributed by atoms with Crippen LogP contribution in [0.2, 0.25) is 0 Å². The van der Waals surface area contributed by atoms with Gasteiger partial charge in [-0.1, -0.05) is 0 Å². The number of aliphatic hydroxyl groups is 5. The van der Waals surface area contributed by atoms with Crippen LogP contribution in [0.15, 0.2) is 0 Å². The van der Waals surface area contributed by atoms with Gasteiger partial charge in [0.05, 0.1) is 12.4 Å². The molecule has 1 heterocycles. The van der Waals surface area contributed by atoms with Crippen LogP contribution in [0.5, 0.6) is 0 Å². The van der Waals surface area contributed by atoms with Crippen LogP contribution in [-0.2, 0) is 28.7 Å². The molecule has 1 aliphatic rings. The Balaban J connectivity index is 4.36. The minimum atomic E-state index is -3.97. The maximum atomic E-state index is 12.4. The number of thiol groups is 1. The highest BCUT2D eigenvalue weighted by atomic mass is 32.1. The average Bonchev–Trinajstić information content (AvgIpc) is 2.60. The Morgan fingerprint density at radius 1 is 0.750 bits per heavy atom. The zero-order chi connectivity index (χ0) is 22.5. The third-order valence-corrected chi connectivity index (χ3v) is 5.57. The van der Waals surface area contributed by atoms with Gasteiger partial charge in [0.25, 0.3) is 5.79 Å². The Kier molecular flexibility index (Phi) is 6.17. The van der Waals surface area contributed by atoms with E-state index in [1.54, 1.807) is 0 Å². The number of rotatable bonds is 7. The van der Waals surface area contributed by atoms with Crippen molar-refractivity contribution < 1.29 is 54.2 Å². The van der Waals surface area contributed by atoms with Crippen LogP contribution in [0, 0.1) is 0 Å². The van der Waals surface area contributed by atoms with Crippen molar-refractivity contribution in [1.82, 2.24) is 0 Å². The number of hydrogen-bond acceptors (Lipinski definition) is 12. The molecule has 0 bridgehead atoms. The van der Waals surface area contributed by atoms with Gasteiger partial charge in [-0.2, -0.15) is 12.6 Å². The number of carbonyl (C=O) groups is 5. The summed E-state index contributed by atoms with van der Waals surface area (Å²) in [6.45, 7) is 0.684. The molecule has 1 fully saturated rings. The summed E-state index contributed by atoms with van der Waals surface area (Å²) in [6.07, 6.45) is 0. The maximum absolute atomic E-state index is 12.4. The topological polar surface area (TPSA) is 196 Å². The van der Waals surface area contributed by atoms with Crippen molar-refractivity contribution >= 4 is 41.5 Å². The first-order chi connectivity index (χ1) is 12.5. The van der Waals surface area contributed by atoms with Gasteiger partial charge < -0.3 is 30.3 Å². The molecule has 0 spiro atoms. The fraction of sp³-hybridized carbons (Fsp3) is 0.688. The molecule has 28 heavy (non-hydrogen) atoms. The normalized spacial score (nSPS) is 40.6. The van der Waals surface area contributed by atoms with E-state index in [0.717, 1.165) is 0 Å². The summed E-state index contributed by atoms with van der Waals surface area (Å²) in [4.78, 5) is 61.8. The minimum Gasteiger partial charge on any atom is -0.393 e. The molecule has 1 saturated heterocycles. The Morgan fingerprint density at radius 3 is 1.39 bits per heavy atom. The molecule has 5 atom stereocenters. The molecule has 0 aromatic rings. The molecule has 1 aliphatic heterocycles. The lowest BCUT2D eigenvalue weighted by Gasteiger charge is -2.63. The molecule has 1 rings (SSSR count). The molecule has 0 saturated carbocycles. The predicted molar refractivity (Wildman–Crippen MR) is 92.3 cm³/mol. The molecular formula is C16H22O11S. The van der Waals surface area contributed by atoms with Gasteiger partial charge in [0.2, 0.25) is 22.6 Å². The van der Waals surface area contributed by atoms with Crippen LogP contribution in [0.1, 0.15) is 27.7 Å². The first-order valence-electron chi connectivity index (χ1n) is 7.91. The van der Waals surface area contributed by atoms with Crippen LogP contribution in [-0.4, -0.2) is 95.0 Å². The highest BCUT2D eigenvalue weighted by Gasteiger charge is 2.88. The minimum absolute atomic E-state index is 0.529. The van der Waals surface area contributed by atoms with Crippen molar-refractivity contribution in [2.45, 2.75) is 55.9 Å². The van der Waals surface area contributed by atoms with Crippen molar-refractivity contribution in [1.29, 1.82) is 0 Å². The van der Waals surface area contributed by atoms with Crippen molar-refractivity contribution in [3.05, 3.63) is 0 Å². The van der Waals surface area contributed by atoms with Gasteiger partial charge >= 0.3 is 0 Å². The van der Waals surface area contributed by atoms with Crippen molar-refractivity contribution in [2.24, 2.45) is 0 Å². The lowest BCUT2D eigenvalue weighted by Crippen LogP contribution is -2.94. The van der Waals surface area contributed by atoms with E-state index >= 15 is 0 Å². The molecule has 158 valence electrons. The second-order valence-electron chi connectivity index (χ2n) is 6.67. The van der Waals surface area contributed by atoms with Gasteiger partial charge in [-0.15, -0.1) is 0 Å². The van der Waals surface area contributed by atoms with Gasteiger partial charge in [-0.05, 0) is 27.7 Å². The second-order valence-corrected chi connectivity index (χ2v) is 6.98. The molecule has 12 heteroatoms. The van der Waals surface area contributed by atoms with Gasteiger partial charge in [0.15, 0.2) is 28.7 Å². The zero-order valence-corrected chi connectivity index (χ0v) is 16.4. The molecule has 0 aromatic heterocycles. The Hall–Kier alpha value is -1.54. The number of carbonyl (C=O) groups excluding carboxylic acids is 5. The smallest absolute Gasteiger partial charge is 0.269 e. The first kappa shape index (κ1) is 24.5. The van der Waals surface area contributed by atoms with E-state index in [1.165, 1.54) is 0 Å². The van der Waals surface area contributed by atoms with Gasteiger partial charge in [-0.25, -0.2) is 0 Å². The number of aliphatic hydroxyl groups excluding tert-OH is 1. The lowest BCUT2D eigenvalue weighted by atomic mass is 9.53. The summed E-state index contributed by atoms with van der Waals surface area (Å²) in [5, 5.41) is 53.9. The van der Waals surface area contributed by atoms with E-state index in [-0.39, 0.29) is 0 Å². The fourth-order valence-electron chi connectivity index (χ4n) is 3.69. The summed E-state index contributed by atoms with van der Waals surface area (Å²) in [5.41, 5.74) is -15.0. The number of ketones is 5. The monoisotopic (exact) mass is 422 g/mol. The van der Waals surface area contributed by atoms with Crippen LogP contribution in [0.4, 0.5) is 0 Å². The summed E-state index contributed by atoms with van der Waals surface area (Å²) in [5.74, 6) is -12.7. The summed E-state index contributed by atoms with van der Waals surface area (Å²) in [7, 11) is 0. The summed E-state index contributed by atoms with van der Waals surface area (Å²) in [6, 6.07) is 0. The third kappa shape index (κ3) is 2.36. The van der Waals surface area contributed by atoms with Gasteiger partial charge in [0.1, 0.15) is 0 Å². The lowest BCUT2D eigenvalue weighted by molar-refractivity contribution is -0.409. The standard InChI is InChI=1S/C16H22O11S/c1-7(18)12(6-17)13(23,8(2)19)14(24,9(3)20)15(25,10(4)21)16(26,27-12)11(22)5-28/h17,23-26,28H,5-6H2,1-4H3/t12-,13+,14-,15-,16?/m0/s1. The van der Waals surface area contributed by atoms with E-state index in [4.69, 9.17) is 4.74 Å². The molecule has 0 amide bonds. The largest absolute Gasteiger partial charge is 0.393 e. The van der Waals surface area contributed by atoms with E-state index in [1.807, 2.05) is 0 Å². The van der Waals surface area contributed by atoms with E-state index in [9.17, 15) is 49.5 Å². The first-order valence-corrected chi connectivity index (χ1v) is 8.55. The average molecular weight is 422 g/mol. The molecule has 0 aromatic carbocycles. The van der Waals surface area contributed by atoms with Crippen molar-refractivity contribution in [2.75, 3.05) is 12.4 Å². The second kappa shape index (κ2) is 7.06. The van der Waals surface area contributed by atoms with Crippen LogP contribution in [0.3, 0.4) is 0 Å². The summed E-state index contributed by atoms with van der Waals surface area (Å²) >= 11 is 3.60. The predicted octanol–water partition coefficient (Wildman–Crippen LogP) is -3.52. The SMILES string of the molecule is CC(=O)[C@]1(O)[C@@](O)(C(C)=O)[C@@](O)(C(C)=O)C(O)(C(=O)CS)O[C@@]1(CO)C(C)=O.